The van der Waals surface area contributed by atoms with Gasteiger partial charge in [0.2, 0.25) is 5.91 Å². The maximum absolute atomic E-state index is 11.0. The highest BCUT2D eigenvalue weighted by molar-refractivity contribution is 5.80. The minimum atomic E-state index is -0.369. The summed E-state index contributed by atoms with van der Waals surface area (Å²) < 4.78 is 0. The van der Waals surface area contributed by atoms with Crippen LogP contribution in [0.15, 0.2) is 0 Å². The van der Waals surface area contributed by atoms with Crippen molar-refractivity contribution in [1.82, 2.24) is 5.32 Å². The van der Waals surface area contributed by atoms with Crippen molar-refractivity contribution < 1.29 is 4.79 Å². The van der Waals surface area contributed by atoms with E-state index in [9.17, 15) is 4.79 Å². The lowest BCUT2D eigenvalue weighted by molar-refractivity contribution is -0.122. The topological polar surface area (TPSA) is 55.1 Å². The highest BCUT2D eigenvalue weighted by Crippen LogP contribution is 2.28. The van der Waals surface area contributed by atoms with Crippen molar-refractivity contribution in [3.8, 4) is 0 Å². The third kappa shape index (κ3) is 2.81. The van der Waals surface area contributed by atoms with Gasteiger partial charge in [0.15, 0.2) is 0 Å². The predicted octanol–water partition coefficient (Wildman–Crippen LogP) is 0.640. The van der Waals surface area contributed by atoms with Gasteiger partial charge in [0.05, 0.1) is 6.04 Å². The van der Waals surface area contributed by atoms with Crippen molar-refractivity contribution in [1.29, 1.82) is 0 Å². The molecule has 1 aliphatic carbocycles. The Kier molecular flexibility index (Phi) is 3.53. The van der Waals surface area contributed by atoms with Gasteiger partial charge < -0.3 is 11.1 Å². The molecule has 0 aromatic rings. The Balaban J connectivity index is 1.97. The zero-order valence-electron chi connectivity index (χ0n) is 7.68. The molecule has 0 aliphatic heterocycles. The van der Waals surface area contributed by atoms with Crippen LogP contribution in [0.3, 0.4) is 0 Å². The maximum Gasteiger partial charge on any atom is 0.236 e. The van der Waals surface area contributed by atoms with Crippen LogP contribution in [0.2, 0.25) is 0 Å². The molecule has 3 nitrogen and oxygen atoms in total. The van der Waals surface area contributed by atoms with E-state index in [1.54, 1.807) is 6.92 Å². The second-order valence-corrected chi connectivity index (χ2v) is 3.67. The molecule has 70 valence electrons. The molecule has 3 heteroatoms. The molecule has 12 heavy (non-hydrogen) atoms. The number of hydrogen-bond donors (Lipinski definition) is 2. The summed E-state index contributed by atoms with van der Waals surface area (Å²) >= 11 is 0. The van der Waals surface area contributed by atoms with Crippen LogP contribution in [0.1, 0.15) is 32.6 Å². The lowest BCUT2D eigenvalue weighted by Gasteiger charge is -2.25. The summed E-state index contributed by atoms with van der Waals surface area (Å²) in [6.45, 7) is 2.50. The highest BCUT2D eigenvalue weighted by Gasteiger charge is 2.17. The van der Waals surface area contributed by atoms with Crippen molar-refractivity contribution >= 4 is 5.91 Å². The van der Waals surface area contributed by atoms with Crippen molar-refractivity contribution in [2.45, 2.75) is 38.6 Å². The first-order chi connectivity index (χ1) is 5.70. The molecule has 1 atom stereocenters. The van der Waals surface area contributed by atoms with Crippen LogP contribution in [0, 0.1) is 5.92 Å². The SMILES string of the molecule is C[C@H](N)C(=O)NCCC1CCC1. The first kappa shape index (κ1) is 9.52. The molecule has 1 aliphatic rings. The fraction of sp³-hybridized carbons (Fsp3) is 0.889. The number of carbonyl (C=O) groups is 1. The van der Waals surface area contributed by atoms with E-state index in [4.69, 9.17) is 5.73 Å². The van der Waals surface area contributed by atoms with Crippen LogP contribution in [-0.4, -0.2) is 18.5 Å². The van der Waals surface area contributed by atoms with Gasteiger partial charge >= 0.3 is 0 Å². The van der Waals surface area contributed by atoms with Crippen LogP contribution >= 0.6 is 0 Å². The molecule has 0 unspecified atom stereocenters. The van der Waals surface area contributed by atoms with Crippen LogP contribution < -0.4 is 11.1 Å². The molecule has 0 bridgehead atoms. The summed E-state index contributed by atoms with van der Waals surface area (Å²) in [6.07, 6.45) is 5.17. The lowest BCUT2D eigenvalue weighted by atomic mass is 9.83. The van der Waals surface area contributed by atoms with Gasteiger partial charge in [0.1, 0.15) is 0 Å². The number of nitrogens with one attached hydrogen (secondary N) is 1. The van der Waals surface area contributed by atoms with Crippen molar-refractivity contribution in [2.24, 2.45) is 11.7 Å². The molecule has 0 heterocycles. The highest BCUT2D eigenvalue weighted by atomic mass is 16.2. The first-order valence-corrected chi connectivity index (χ1v) is 4.73. The fourth-order valence-corrected chi connectivity index (χ4v) is 1.34. The van der Waals surface area contributed by atoms with E-state index in [2.05, 4.69) is 5.32 Å². The van der Waals surface area contributed by atoms with Crippen LogP contribution in [0.5, 0.6) is 0 Å². The number of nitrogens with two attached hydrogens (primary N) is 1. The Labute approximate surface area is 73.7 Å². The Morgan fingerprint density at radius 2 is 2.33 bits per heavy atom. The average Bonchev–Trinajstić information content (AvgIpc) is 1.93. The number of rotatable bonds is 4. The molecular formula is C9H18N2O. The minimum absolute atomic E-state index is 0.0330. The third-order valence-corrected chi connectivity index (χ3v) is 2.49. The molecule has 0 aromatic heterocycles. The normalized spacial score (nSPS) is 19.8. The lowest BCUT2D eigenvalue weighted by Crippen LogP contribution is -2.39. The minimum Gasteiger partial charge on any atom is -0.355 e. The van der Waals surface area contributed by atoms with Crippen LogP contribution in [0.4, 0.5) is 0 Å². The summed E-state index contributed by atoms with van der Waals surface area (Å²) in [5.41, 5.74) is 5.39. The summed E-state index contributed by atoms with van der Waals surface area (Å²) in [6, 6.07) is -0.369. The zero-order chi connectivity index (χ0) is 8.97. The molecule has 0 saturated heterocycles. The van der Waals surface area contributed by atoms with E-state index in [1.165, 1.54) is 19.3 Å². The number of carbonyl (C=O) groups excluding carboxylic acids is 1. The van der Waals surface area contributed by atoms with Gasteiger partial charge in [0, 0.05) is 6.54 Å². The van der Waals surface area contributed by atoms with Gasteiger partial charge in [-0.25, -0.2) is 0 Å². The van der Waals surface area contributed by atoms with Crippen LogP contribution in [-0.2, 0) is 4.79 Å². The van der Waals surface area contributed by atoms with E-state index < -0.39 is 0 Å². The standard InChI is InChI=1S/C9H18N2O/c1-7(10)9(12)11-6-5-8-3-2-4-8/h7-8H,2-6,10H2,1H3,(H,11,12)/t7-/m0/s1. The molecule has 0 spiro atoms. The third-order valence-electron chi connectivity index (χ3n) is 2.49. The Hall–Kier alpha value is -0.570. The summed E-state index contributed by atoms with van der Waals surface area (Å²) in [5.74, 6) is 0.827. The Morgan fingerprint density at radius 1 is 1.67 bits per heavy atom. The van der Waals surface area contributed by atoms with Gasteiger partial charge in [-0.05, 0) is 19.3 Å². The second kappa shape index (κ2) is 4.45. The monoisotopic (exact) mass is 170 g/mol. The quantitative estimate of drug-likeness (QED) is 0.650. The van der Waals surface area contributed by atoms with E-state index in [-0.39, 0.29) is 11.9 Å². The predicted molar refractivity (Wildman–Crippen MR) is 48.6 cm³/mol. The van der Waals surface area contributed by atoms with E-state index in [1.807, 2.05) is 0 Å². The zero-order valence-corrected chi connectivity index (χ0v) is 7.68. The number of amides is 1. The molecule has 0 radical (unpaired) electrons. The van der Waals surface area contributed by atoms with Crippen molar-refractivity contribution in [3.05, 3.63) is 0 Å². The summed E-state index contributed by atoms with van der Waals surface area (Å²) in [4.78, 5) is 11.0. The van der Waals surface area contributed by atoms with Crippen molar-refractivity contribution in [2.75, 3.05) is 6.54 Å². The Bertz CT molecular complexity index is 153. The van der Waals surface area contributed by atoms with E-state index in [0.717, 1.165) is 18.9 Å². The van der Waals surface area contributed by atoms with Gasteiger partial charge in [-0.1, -0.05) is 19.3 Å². The van der Waals surface area contributed by atoms with E-state index >= 15 is 0 Å². The molecule has 1 amide bonds. The molecule has 1 rings (SSSR count). The van der Waals surface area contributed by atoms with Gasteiger partial charge in [-0.15, -0.1) is 0 Å². The molecule has 1 fully saturated rings. The molecule has 1 saturated carbocycles. The largest absolute Gasteiger partial charge is 0.355 e. The maximum atomic E-state index is 11.0. The summed E-state index contributed by atoms with van der Waals surface area (Å²) in [5, 5.41) is 2.82. The smallest absolute Gasteiger partial charge is 0.236 e. The summed E-state index contributed by atoms with van der Waals surface area (Å²) in [7, 11) is 0. The molecule has 0 aromatic carbocycles. The average molecular weight is 170 g/mol. The van der Waals surface area contributed by atoms with Gasteiger partial charge in [-0.3, -0.25) is 4.79 Å². The molecule has 3 N–H and O–H groups in total. The second-order valence-electron chi connectivity index (χ2n) is 3.67. The first-order valence-electron chi connectivity index (χ1n) is 4.73. The van der Waals surface area contributed by atoms with Crippen LogP contribution in [0.25, 0.3) is 0 Å². The fourth-order valence-electron chi connectivity index (χ4n) is 1.34. The van der Waals surface area contributed by atoms with Gasteiger partial charge in [-0.2, -0.15) is 0 Å². The van der Waals surface area contributed by atoms with Gasteiger partial charge in [0.25, 0.3) is 0 Å². The molecular weight excluding hydrogens is 152 g/mol. The van der Waals surface area contributed by atoms with E-state index in [0.29, 0.717) is 0 Å². The van der Waals surface area contributed by atoms with Crippen molar-refractivity contribution in [3.63, 3.8) is 0 Å². The number of hydrogen-bond acceptors (Lipinski definition) is 2. The Morgan fingerprint density at radius 3 is 2.75 bits per heavy atom.